The predicted octanol–water partition coefficient (Wildman–Crippen LogP) is 34.3. The zero-order valence-electron chi connectivity index (χ0n) is 67.3. The first-order valence-electron chi connectivity index (χ1n) is 42.0. The van der Waals surface area contributed by atoms with Crippen LogP contribution in [0.2, 0.25) is 0 Å². The number of anilines is 12. The molecule has 24 aromatic rings. The first-order chi connectivity index (χ1) is 61.5. The Morgan fingerprint density at radius 1 is 0.161 bits per heavy atom. The first-order valence-corrected chi connectivity index (χ1v) is 42.8. The number of furan rings is 3. The summed E-state index contributed by atoms with van der Waals surface area (Å²) in [5.41, 5.74) is 27.5. The second kappa shape index (κ2) is 31.1. The van der Waals surface area contributed by atoms with Gasteiger partial charge in [0.15, 0.2) is 0 Å². The van der Waals surface area contributed by atoms with Gasteiger partial charge in [-0.3, -0.25) is 0 Å². The summed E-state index contributed by atoms with van der Waals surface area (Å²) >= 11 is 1.85. The van der Waals surface area contributed by atoms with Crippen LogP contribution in [0.1, 0.15) is 0 Å². The number of para-hydroxylation sites is 7. The molecular weight excluding hydrogens is 1530 g/mol. The van der Waals surface area contributed by atoms with E-state index >= 15 is 0 Å². The van der Waals surface area contributed by atoms with Gasteiger partial charge in [-0.2, -0.15) is 0 Å². The molecule has 0 saturated heterocycles. The molecule has 0 fully saturated rings. The smallest absolute Gasteiger partial charge is 0.143 e. The van der Waals surface area contributed by atoms with Crippen molar-refractivity contribution < 1.29 is 13.3 Å². The molecule has 0 atom stereocenters. The third kappa shape index (κ3) is 13.3. The average Bonchev–Trinajstić information content (AvgIpc) is 1.16. The lowest BCUT2D eigenvalue weighted by Gasteiger charge is -2.28. The Hall–Kier alpha value is -16.3. The van der Waals surface area contributed by atoms with E-state index in [4.69, 9.17) is 13.3 Å². The van der Waals surface area contributed by atoms with Crippen LogP contribution in [-0.4, -0.2) is 0 Å². The van der Waals surface area contributed by atoms with Crippen molar-refractivity contribution in [3.05, 3.63) is 461 Å². The van der Waals surface area contributed by atoms with Crippen molar-refractivity contribution in [3.8, 4) is 44.5 Å². The number of benzene rings is 20. The molecule has 584 valence electrons. The van der Waals surface area contributed by atoms with Crippen molar-refractivity contribution in [3.63, 3.8) is 0 Å². The molecule has 0 spiro atoms. The summed E-state index contributed by atoms with van der Waals surface area (Å²) in [6.45, 7) is 0. The molecule has 0 aliphatic rings. The molecule has 0 aliphatic carbocycles. The van der Waals surface area contributed by atoms with Gasteiger partial charge in [-0.05, 0) is 214 Å². The molecule has 0 unspecified atom stereocenters. The fraction of sp³-hybridized carbons (Fsp3) is 0. The van der Waals surface area contributed by atoms with Gasteiger partial charge in [0.25, 0.3) is 0 Å². The summed E-state index contributed by atoms with van der Waals surface area (Å²) in [5, 5.41) is 14.1. The highest BCUT2D eigenvalue weighted by Gasteiger charge is 2.24. The van der Waals surface area contributed by atoms with Gasteiger partial charge >= 0.3 is 0 Å². The van der Waals surface area contributed by atoms with Gasteiger partial charge in [0.2, 0.25) is 0 Å². The molecule has 0 radical (unpaired) electrons. The van der Waals surface area contributed by atoms with Crippen molar-refractivity contribution in [2.24, 2.45) is 0 Å². The number of hydrogen-bond acceptors (Lipinski definition) is 8. The molecule has 20 aromatic carbocycles. The van der Waals surface area contributed by atoms with Crippen LogP contribution in [0, 0.1) is 0 Å². The number of thiophene rings is 1. The number of rotatable bonds is 16. The number of nitrogens with zero attached hydrogens (tertiary/aromatic N) is 4. The van der Waals surface area contributed by atoms with Crippen molar-refractivity contribution >= 4 is 187 Å². The van der Waals surface area contributed by atoms with E-state index in [-0.39, 0.29) is 0 Å². The number of fused-ring (bicyclic) bond motifs is 14. The van der Waals surface area contributed by atoms with Gasteiger partial charge in [-0.25, -0.2) is 0 Å². The first kappa shape index (κ1) is 72.9. The molecule has 0 aliphatic heterocycles. The van der Waals surface area contributed by atoms with E-state index in [1.165, 1.54) is 47.3 Å². The molecule has 24 rings (SSSR count). The van der Waals surface area contributed by atoms with E-state index in [1.807, 2.05) is 47.7 Å². The third-order valence-electron chi connectivity index (χ3n) is 24.1. The van der Waals surface area contributed by atoms with Gasteiger partial charge < -0.3 is 32.9 Å². The Morgan fingerprint density at radius 3 is 0.895 bits per heavy atom. The van der Waals surface area contributed by atoms with Crippen molar-refractivity contribution in [1.82, 2.24) is 0 Å². The molecule has 0 amide bonds. The zero-order valence-corrected chi connectivity index (χ0v) is 68.1. The van der Waals surface area contributed by atoms with E-state index in [0.29, 0.717) is 0 Å². The quantitative estimate of drug-likeness (QED) is 0.0955. The molecule has 0 saturated carbocycles. The predicted molar refractivity (Wildman–Crippen MR) is 523 cm³/mol. The Bertz CT molecular complexity index is 7610. The normalized spacial score (nSPS) is 11.5. The van der Waals surface area contributed by atoms with E-state index in [9.17, 15) is 0 Å². The van der Waals surface area contributed by atoms with Crippen LogP contribution in [0.3, 0.4) is 0 Å². The highest BCUT2D eigenvalue weighted by molar-refractivity contribution is 7.25. The van der Waals surface area contributed by atoms with E-state index in [0.717, 1.165) is 173 Å². The largest absolute Gasteiger partial charge is 0.456 e. The van der Waals surface area contributed by atoms with Gasteiger partial charge in [-0.15, -0.1) is 11.3 Å². The van der Waals surface area contributed by atoms with Crippen molar-refractivity contribution in [2.45, 2.75) is 0 Å². The number of hydrogen-bond donors (Lipinski definition) is 0. The minimum atomic E-state index is 0.892. The summed E-state index contributed by atoms with van der Waals surface area (Å²) in [6.07, 6.45) is 0. The van der Waals surface area contributed by atoms with E-state index in [2.05, 4.69) is 444 Å². The van der Waals surface area contributed by atoms with Crippen LogP contribution in [0.5, 0.6) is 0 Å². The van der Waals surface area contributed by atoms with Crippen LogP contribution in [0.15, 0.2) is 474 Å². The Morgan fingerprint density at radius 2 is 0.452 bits per heavy atom. The summed E-state index contributed by atoms with van der Waals surface area (Å²) in [7, 11) is 0. The molecule has 0 N–H and O–H groups in total. The van der Waals surface area contributed by atoms with E-state index < -0.39 is 0 Å². The fourth-order valence-electron chi connectivity index (χ4n) is 18.2. The van der Waals surface area contributed by atoms with Crippen molar-refractivity contribution in [1.29, 1.82) is 0 Å². The van der Waals surface area contributed by atoms with Crippen LogP contribution in [0.25, 0.3) is 152 Å². The van der Waals surface area contributed by atoms with Crippen LogP contribution < -0.4 is 19.6 Å². The molecule has 4 aromatic heterocycles. The standard InChI is InChI=1S/C68H44N2O2.C48H32N2OS/c1-3-17-55-47(13-1)15-9-25-63(55)69(53-41-33-49(34-42-53)57-21-11-23-61-59-19-5-7-27-65(59)71-67(57)61)51-37-29-45(30-38-51)46-31-39-52(40-32-46)70(64-26-10-16-48-14-2-4-18-56(48)64)54-43-35-50(36-44-54)58-22-12-24-62-60-20-6-8-28-66(60)72-68(58)62;1-3-11-35(12-4-1)49(39-27-29-46-43(31-39)41-15-7-9-17-45(41)51-46)37-23-19-33(20-24-37)34-21-25-38(26-22-34)50(36-13-5-2-6-14-36)40-28-30-48-44(32-40)42-16-8-10-18-47(42)52-48/h1-44H;1-32H. The summed E-state index contributed by atoms with van der Waals surface area (Å²) in [4.78, 5) is 9.38. The van der Waals surface area contributed by atoms with Gasteiger partial charge in [-0.1, -0.05) is 291 Å². The molecule has 7 nitrogen and oxygen atoms in total. The fourth-order valence-corrected chi connectivity index (χ4v) is 19.2. The Balaban J connectivity index is 0.000000151. The second-order valence-electron chi connectivity index (χ2n) is 31.4. The highest BCUT2D eigenvalue weighted by atomic mass is 32.1. The lowest BCUT2D eigenvalue weighted by atomic mass is 10.0. The maximum atomic E-state index is 6.44. The van der Waals surface area contributed by atoms with Gasteiger partial charge in [0.05, 0.1) is 11.4 Å². The summed E-state index contributed by atoms with van der Waals surface area (Å²) in [5.74, 6) is 0. The maximum Gasteiger partial charge on any atom is 0.143 e. The van der Waals surface area contributed by atoms with Crippen molar-refractivity contribution in [2.75, 3.05) is 19.6 Å². The summed E-state index contributed by atoms with van der Waals surface area (Å²) in [6, 6.07) is 164. The molecular formula is C116H76N4O3S. The Kier molecular flexibility index (Phi) is 18.3. The van der Waals surface area contributed by atoms with E-state index in [1.54, 1.807) is 0 Å². The zero-order chi connectivity index (χ0) is 82.0. The third-order valence-corrected chi connectivity index (χ3v) is 25.3. The van der Waals surface area contributed by atoms with Gasteiger partial charge in [0.1, 0.15) is 33.5 Å². The lowest BCUT2D eigenvalue weighted by molar-refractivity contribution is 0.669. The molecule has 0 bridgehead atoms. The molecule has 124 heavy (non-hydrogen) atoms. The monoisotopic (exact) mass is 1600 g/mol. The SMILES string of the molecule is c1ccc(N(c2ccc(-c3ccc(N(c4ccccc4)c4ccc5sc6ccccc6c5c4)cc3)cc2)c2ccc3oc4ccccc4c3c2)cc1.c1ccc2c(N(c3ccc(-c4ccc(N(c5ccc(-c6cccc7c6oc6ccccc67)cc5)c5cccc6ccccc56)cc4)cc3)c3ccc(-c4cccc5c4oc4ccccc45)cc3)cccc2c1. The molecule has 4 heterocycles. The van der Waals surface area contributed by atoms with Crippen LogP contribution in [0.4, 0.5) is 68.2 Å². The minimum absolute atomic E-state index is 0.892. The summed E-state index contributed by atoms with van der Waals surface area (Å²) < 4.78 is 21.7. The van der Waals surface area contributed by atoms with Crippen LogP contribution in [-0.2, 0) is 0 Å². The molecule has 8 heteroatoms. The maximum absolute atomic E-state index is 6.44. The second-order valence-corrected chi connectivity index (χ2v) is 32.5. The van der Waals surface area contributed by atoms with Gasteiger partial charge in [0, 0.05) is 131 Å². The minimum Gasteiger partial charge on any atom is -0.456 e. The topological polar surface area (TPSA) is 52.4 Å². The van der Waals surface area contributed by atoms with Crippen LogP contribution >= 0.6 is 11.3 Å². The average molecular weight is 1610 g/mol. The highest BCUT2D eigenvalue weighted by Crippen LogP contribution is 2.48. The lowest BCUT2D eigenvalue weighted by Crippen LogP contribution is -2.10. The Labute approximate surface area is 720 Å².